The first-order valence-corrected chi connectivity index (χ1v) is 7.49. The molecule has 0 bridgehead atoms. The van der Waals surface area contributed by atoms with Crippen LogP contribution < -0.4 is 5.32 Å². The van der Waals surface area contributed by atoms with Gasteiger partial charge in [0.15, 0.2) is 0 Å². The topological polar surface area (TPSA) is 29.1 Å². The molecule has 0 aliphatic heterocycles. The molecule has 0 amide bonds. The molecule has 0 spiro atoms. The van der Waals surface area contributed by atoms with Gasteiger partial charge in [-0.25, -0.2) is 0 Å². The van der Waals surface area contributed by atoms with Gasteiger partial charge in [0, 0.05) is 28.9 Å². The van der Waals surface area contributed by atoms with Crippen molar-refractivity contribution in [1.82, 2.24) is 5.32 Å². The molecule has 94 valence electrons. The van der Waals surface area contributed by atoms with Gasteiger partial charge in [-0.1, -0.05) is 43.8 Å². The molecule has 2 atom stereocenters. The van der Waals surface area contributed by atoms with Crippen LogP contribution in [0.4, 0.5) is 0 Å². The third-order valence-corrected chi connectivity index (χ3v) is 4.18. The van der Waals surface area contributed by atoms with Crippen molar-refractivity contribution in [3.63, 3.8) is 0 Å². The second-order valence-electron chi connectivity index (χ2n) is 4.24. The molecule has 0 aliphatic carbocycles. The Hall–Kier alpha value is -0.930. The molecular formula is C14H21NOS. The van der Waals surface area contributed by atoms with E-state index in [0.29, 0.717) is 0 Å². The Balaban J connectivity index is 2.24. The zero-order valence-electron chi connectivity index (χ0n) is 10.6. The van der Waals surface area contributed by atoms with Crippen molar-refractivity contribution in [2.24, 2.45) is 0 Å². The van der Waals surface area contributed by atoms with Crippen LogP contribution in [0.3, 0.4) is 0 Å². The molecule has 1 N–H and O–H groups in total. The SMILES string of the molecule is C=C(CNCCC(C)S(C)=O)c1ccccc1. The van der Waals surface area contributed by atoms with Crippen LogP contribution in [0.15, 0.2) is 36.9 Å². The summed E-state index contributed by atoms with van der Waals surface area (Å²) in [6.45, 7) is 7.74. The van der Waals surface area contributed by atoms with Crippen LogP contribution in [0.5, 0.6) is 0 Å². The molecule has 0 saturated heterocycles. The van der Waals surface area contributed by atoms with Crippen LogP contribution in [0.1, 0.15) is 18.9 Å². The summed E-state index contributed by atoms with van der Waals surface area (Å²) in [4.78, 5) is 0. The molecule has 2 nitrogen and oxygen atoms in total. The third kappa shape index (κ3) is 5.29. The Labute approximate surface area is 107 Å². The van der Waals surface area contributed by atoms with Gasteiger partial charge in [0.05, 0.1) is 0 Å². The minimum atomic E-state index is -0.723. The molecule has 1 rings (SSSR count). The van der Waals surface area contributed by atoms with E-state index in [1.54, 1.807) is 6.26 Å². The molecule has 1 aromatic carbocycles. The van der Waals surface area contributed by atoms with Crippen molar-refractivity contribution in [3.8, 4) is 0 Å². The number of rotatable bonds is 7. The fraction of sp³-hybridized carbons (Fsp3) is 0.429. The zero-order chi connectivity index (χ0) is 12.7. The fourth-order valence-corrected chi connectivity index (χ4v) is 1.94. The van der Waals surface area contributed by atoms with Gasteiger partial charge in [0.1, 0.15) is 0 Å². The average molecular weight is 251 g/mol. The molecule has 17 heavy (non-hydrogen) atoms. The molecule has 0 aromatic heterocycles. The maximum absolute atomic E-state index is 11.2. The Morgan fingerprint density at radius 3 is 2.65 bits per heavy atom. The summed E-state index contributed by atoms with van der Waals surface area (Å²) in [6, 6.07) is 10.2. The van der Waals surface area contributed by atoms with E-state index in [0.717, 1.165) is 25.1 Å². The predicted octanol–water partition coefficient (Wildman–Crippen LogP) is 2.45. The lowest BCUT2D eigenvalue weighted by Crippen LogP contribution is -2.22. The van der Waals surface area contributed by atoms with Crippen LogP contribution in [-0.4, -0.2) is 28.8 Å². The maximum atomic E-state index is 11.2. The molecule has 0 heterocycles. The smallest absolute Gasteiger partial charge is 0.0329 e. The lowest BCUT2D eigenvalue weighted by atomic mass is 10.1. The van der Waals surface area contributed by atoms with Crippen molar-refractivity contribution in [1.29, 1.82) is 0 Å². The quantitative estimate of drug-likeness (QED) is 0.754. The summed E-state index contributed by atoms with van der Waals surface area (Å²) in [7, 11) is -0.723. The van der Waals surface area contributed by atoms with Gasteiger partial charge in [-0.15, -0.1) is 0 Å². The first-order valence-electron chi connectivity index (χ1n) is 5.87. The van der Waals surface area contributed by atoms with Gasteiger partial charge in [-0.05, 0) is 24.1 Å². The summed E-state index contributed by atoms with van der Waals surface area (Å²) in [6.07, 6.45) is 2.69. The number of hydrogen-bond acceptors (Lipinski definition) is 2. The van der Waals surface area contributed by atoms with Gasteiger partial charge < -0.3 is 5.32 Å². The Bertz CT molecular complexity index is 375. The summed E-state index contributed by atoms with van der Waals surface area (Å²) in [5.41, 5.74) is 2.27. The van der Waals surface area contributed by atoms with Crippen molar-refractivity contribution in [3.05, 3.63) is 42.5 Å². The van der Waals surface area contributed by atoms with Crippen molar-refractivity contribution >= 4 is 16.4 Å². The van der Waals surface area contributed by atoms with Crippen LogP contribution in [0.25, 0.3) is 5.57 Å². The summed E-state index contributed by atoms with van der Waals surface area (Å²) in [5.74, 6) is 0. The van der Waals surface area contributed by atoms with E-state index in [-0.39, 0.29) is 5.25 Å². The van der Waals surface area contributed by atoms with E-state index in [1.807, 2.05) is 25.1 Å². The largest absolute Gasteiger partial charge is 0.313 e. The lowest BCUT2D eigenvalue weighted by Gasteiger charge is -2.10. The van der Waals surface area contributed by atoms with Crippen molar-refractivity contribution in [2.75, 3.05) is 19.3 Å². The number of benzene rings is 1. The monoisotopic (exact) mass is 251 g/mol. The van der Waals surface area contributed by atoms with E-state index in [4.69, 9.17) is 0 Å². The summed E-state index contributed by atoms with van der Waals surface area (Å²) < 4.78 is 11.2. The first kappa shape index (κ1) is 14.1. The highest BCUT2D eigenvalue weighted by Crippen LogP contribution is 2.09. The number of hydrogen-bond donors (Lipinski definition) is 1. The van der Waals surface area contributed by atoms with Crippen LogP contribution in [0, 0.1) is 0 Å². The fourth-order valence-electron chi connectivity index (χ4n) is 1.49. The normalized spacial score (nSPS) is 14.2. The molecule has 0 aliphatic rings. The Morgan fingerprint density at radius 2 is 2.06 bits per heavy atom. The van der Waals surface area contributed by atoms with E-state index < -0.39 is 10.8 Å². The molecule has 0 radical (unpaired) electrons. The summed E-state index contributed by atoms with van der Waals surface area (Å²) in [5, 5.41) is 3.59. The molecule has 1 aromatic rings. The second-order valence-corrected chi connectivity index (χ2v) is 6.05. The second kappa shape index (κ2) is 7.41. The first-order chi connectivity index (χ1) is 8.11. The number of nitrogens with one attached hydrogen (secondary N) is 1. The standard InChI is InChI=1S/C14H21NOS/c1-12(14-7-5-4-6-8-14)11-15-10-9-13(2)17(3)16/h4-8,13,15H,1,9-11H2,2-3H3. The van der Waals surface area contributed by atoms with Gasteiger partial charge in [0.2, 0.25) is 0 Å². The highest BCUT2D eigenvalue weighted by molar-refractivity contribution is 7.84. The minimum Gasteiger partial charge on any atom is -0.313 e. The highest BCUT2D eigenvalue weighted by Gasteiger charge is 2.05. The van der Waals surface area contributed by atoms with E-state index in [9.17, 15) is 4.21 Å². The molecule has 0 saturated carbocycles. The highest BCUT2D eigenvalue weighted by atomic mass is 32.2. The molecular weight excluding hydrogens is 230 g/mol. The van der Waals surface area contributed by atoms with Crippen molar-refractivity contribution < 1.29 is 4.21 Å². The van der Waals surface area contributed by atoms with Crippen molar-refractivity contribution in [2.45, 2.75) is 18.6 Å². The molecule has 2 unspecified atom stereocenters. The Kier molecular flexibility index (Phi) is 6.16. The van der Waals surface area contributed by atoms with Gasteiger partial charge >= 0.3 is 0 Å². The van der Waals surface area contributed by atoms with Crippen LogP contribution >= 0.6 is 0 Å². The lowest BCUT2D eigenvalue weighted by molar-refractivity contribution is 0.651. The molecule has 0 fully saturated rings. The molecule has 3 heteroatoms. The summed E-state index contributed by atoms with van der Waals surface area (Å²) >= 11 is 0. The van der Waals surface area contributed by atoms with Gasteiger partial charge in [-0.3, -0.25) is 4.21 Å². The Morgan fingerprint density at radius 1 is 1.41 bits per heavy atom. The minimum absolute atomic E-state index is 0.257. The third-order valence-electron chi connectivity index (χ3n) is 2.81. The predicted molar refractivity (Wildman–Crippen MR) is 76.5 cm³/mol. The maximum Gasteiger partial charge on any atom is 0.0329 e. The van der Waals surface area contributed by atoms with E-state index in [2.05, 4.69) is 24.0 Å². The van der Waals surface area contributed by atoms with E-state index >= 15 is 0 Å². The van der Waals surface area contributed by atoms with Crippen LogP contribution in [0.2, 0.25) is 0 Å². The average Bonchev–Trinajstić information content (AvgIpc) is 2.35. The van der Waals surface area contributed by atoms with E-state index in [1.165, 1.54) is 5.56 Å². The van der Waals surface area contributed by atoms with Gasteiger partial charge in [-0.2, -0.15) is 0 Å². The van der Waals surface area contributed by atoms with Crippen LogP contribution in [-0.2, 0) is 10.8 Å². The van der Waals surface area contributed by atoms with Gasteiger partial charge in [0.25, 0.3) is 0 Å². The zero-order valence-corrected chi connectivity index (χ0v) is 11.4.